The Morgan fingerprint density at radius 1 is 0.422 bits per heavy atom. The van der Waals surface area contributed by atoms with E-state index < -0.39 is 12.1 Å². The van der Waals surface area contributed by atoms with E-state index in [1.807, 2.05) is 115 Å². The largest absolute Gasteiger partial charge is 0.456 e. The van der Waals surface area contributed by atoms with Crippen molar-refractivity contribution in [1.82, 2.24) is 0 Å². The molecule has 212 valence electrons. The van der Waals surface area contributed by atoms with Crippen LogP contribution in [0.1, 0.15) is 9.60 Å². The lowest BCUT2D eigenvalue weighted by atomic mass is 10.0. The molecule has 45 heavy (non-hydrogen) atoms. The van der Waals surface area contributed by atoms with Gasteiger partial charge in [0.25, 0.3) is 0 Å². The second-order valence-corrected chi connectivity index (χ2v) is 10.8. The van der Waals surface area contributed by atoms with Crippen LogP contribution in [0.5, 0.6) is 0 Å². The van der Waals surface area contributed by atoms with Crippen molar-refractivity contribution in [2.24, 2.45) is 0 Å². The van der Waals surface area contributed by atoms with Gasteiger partial charge in [-0.05, 0) is 82.8 Å². The number of rotatable bonds is 5. The Morgan fingerprint density at radius 2 is 1.02 bits per heavy atom. The van der Waals surface area contributed by atoms with Gasteiger partial charge < -0.3 is 13.7 Å². The first-order valence-corrected chi connectivity index (χ1v) is 14.6. The van der Waals surface area contributed by atoms with Crippen LogP contribution in [0.2, 0.25) is 0 Å². The first kappa shape index (κ1) is 19.3. The van der Waals surface area contributed by atoms with Gasteiger partial charge in [0.2, 0.25) is 0 Å². The van der Waals surface area contributed by atoms with Crippen molar-refractivity contribution in [3.63, 3.8) is 0 Å². The molecule has 0 saturated carbocycles. The summed E-state index contributed by atoms with van der Waals surface area (Å²) in [6.07, 6.45) is 0. The first-order chi connectivity index (χ1) is 25.2. The summed E-state index contributed by atoms with van der Waals surface area (Å²) in [5.74, 6) is 0. The number of nitrogens with zero attached hydrogens (tertiary/aromatic N) is 1. The van der Waals surface area contributed by atoms with Gasteiger partial charge in [0.05, 0.1) is 20.7 Å². The fraction of sp³-hybridized carbons (Fsp3) is 0. The highest BCUT2D eigenvalue weighted by Gasteiger charge is 2.19. The fourth-order valence-electron chi connectivity index (χ4n) is 6.06. The Bertz CT molecular complexity index is 2860. The Kier molecular flexibility index (Phi) is 4.40. The average Bonchev–Trinajstić information content (AvgIpc) is 3.77. The van der Waals surface area contributed by atoms with Crippen molar-refractivity contribution < 1.29 is 18.4 Å². The van der Waals surface area contributed by atoms with Gasteiger partial charge in [-0.25, -0.2) is 0 Å². The average molecular weight is 585 g/mol. The second kappa shape index (κ2) is 10.3. The van der Waals surface area contributed by atoms with Crippen molar-refractivity contribution in [3.05, 3.63) is 164 Å². The van der Waals surface area contributed by atoms with Crippen LogP contribution in [-0.4, -0.2) is 0 Å². The maximum Gasteiger partial charge on any atom is 0.137 e. The predicted octanol–water partition coefficient (Wildman–Crippen LogP) is 12.3. The van der Waals surface area contributed by atoms with Crippen LogP contribution in [0.25, 0.3) is 66.1 Å². The van der Waals surface area contributed by atoms with Gasteiger partial charge in [-0.1, -0.05) is 103 Å². The SMILES string of the molecule is [2H]c1c([2H])c([2H])c2c(oc3c([2H])c([2H])c([2H])c(N(c4ccc(-c5ccccc5)cc4)c4ccc(-c5ccc6oc7ccccc7c6c5)cc4)c32)c1[2H]. The molecular weight excluding hydrogens is 550 g/mol. The molecule has 0 fully saturated rings. The molecule has 3 nitrogen and oxygen atoms in total. The highest BCUT2D eigenvalue weighted by molar-refractivity contribution is 6.13. The number of benzene rings is 7. The molecule has 7 aromatic carbocycles. The van der Waals surface area contributed by atoms with E-state index in [0.717, 1.165) is 44.2 Å². The molecule has 2 aromatic heterocycles. The summed E-state index contributed by atoms with van der Waals surface area (Å²) >= 11 is 0. The maximum absolute atomic E-state index is 9.27. The minimum Gasteiger partial charge on any atom is -0.456 e. The van der Waals surface area contributed by atoms with Crippen LogP contribution in [0, 0.1) is 0 Å². The number of para-hydroxylation sites is 2. The molecule has 9 aromatic rings. The third-order valence-corrected chi connectivity index (χ3v) is 8.22. The number of anilines is 3. The summed E-state index contributed by atoms with van der Waals surface area (Å²) in [6.45, 7) is 0. The van der Waals surface area contributed by atoms with E-state index in [9.17, 15) is 1.37 Å². The van der Waals surface area contributed by atoms with Crippen molar-refractivity contribution in [1.29, 1.82) is 0 Å². The number of furan rings is 2. The standard InChI is InChI=1S/C42H27NO2/c1-2-9-28(10-3-1)29-17-22-32(23-18-29)43(37-13-8-16-41-42(37)35-12-5-7-15-39(35)45-41)33-24-19-30(20-25-33)31-21-26-40-36(27-31)34-11-4-6-14-38(34)44-40/h1-27H/i5D,7D,8D,12D,13D,15D,16D. The molecule has 0 atom stereocenters. The van der Waals surface area contributed by atoms with Gasteiger partial charge >= 0.3 is 0 Å². The van der Waals surface area contributed by atoms with E-state index in [1.165, 1.54) is 0 Å². The Morgan fingerprint density at radius 3 is 1.82 bits per heavy atom. The van der Waals surface area contributed by atoms with Crippen LogP contribution in [0.15, 0.2) is 172 Å². The molecule has 0 saturated heterocycles. The highest BCUT2D eigenvalue weighted by atomic mass is 16.3. The molecule has 9 rings (SSSR count). The summed E-state index contributed by atoms with van der Waals surface area (Å²) in [5, 5.41) is 2.26. The molecule has 0 bridgehead atoms. The van der Waals surface area contributed by atoms with Crippen molar-refractivity contribution in [3.8, 4) is 22.3 Å². The normalized spacial score (nSPS) is 13.7. The number of hydrogen-bond donors (Lipinski definition) is 0. The second-order valence-electron chi connectivity index (χ2n) is 10.8. The third kappa shape index (κ3) is 4.29. The first-order valence-electron chi connectivity index (χ1n) is 18.1. The lowest BCUT2D eigenvalue weighted by Gasteiger charge is -2.26. The summed E-state index contributed by atoms with van der Waals surface area (Å²) in [6, 6.07) is 36.8. The summed E-state index contributed by atoms with van der Waals surface area (Å²) in [5.41, 5.74) is 6.78. The molecular formula is C42H27NO2. The van der Waals surface area contributed by atoms with Crippen LogP contribution in [0.4, 0.5) is 17.1 Å². The van der Waals surface area contributed by atoms with E-state index in [2.05, 4.69) is 6.07 Å². The number of hydrogen-bond acceptors (Lipinski definition) is 3. The topological polar surface area (TPSA) is 29.5 Å². The van der Waals surface area contributed by atoms with Crippen LogP contribution >= 0.6 is 0 Å². The quantitative estimate of drug-likeness (QED) is 0.201. The predicted molar refractivity (Wildman–Crippen MR) is 187 cm³/mol. The zero-order valence-corrected chi connectivity index (χ0v) is 23.8. The van der Waals surface area contributed by atoms with E-state index >= 15 is 0 Å². The van der Waals surface area contributed by atoms with E-state index in [1.54, 1.807) is 4.90 Å². The van der Waals surface area contributed by atoms with Gasteiger partial charge in [0.15, 0.2) is 0 Å². The lowest BCUT2D eigenvalue weighted by Crippen LogP contribution is -2.10. The zero-order valence-electron chi connectivity index (χ0n) is 30.8. The molecule has 2 heterocycles. The van der Waals surface area contributed by atoms with Crippen molar-refractivity contribution in [2.75, 3.05) is 4.90 Å². The molecule has 0 spiro atoms. The van der Waals surface area contributed by atoms with Crippen LogP contribution < -0.4 is 4.90 Å². The monoisotopic (exact) mass is 584 g/mol. The van der Waals surface area contributed by atoms with Crippen LogP contribution in [0.3, 0.4) is 0 Å². The van der Waals surface area contributed by atoms with E-state index in [0.29, 0.717) is 11.4 Å². The van der Waals surface area contributed by atoms with Crippen molar-refractivity contribution in [2.45, 2.75) is 0 Å². The lowest BCUT2D eigenvalue weighted by molar-refractivity contribution is 0.668. The Balaban J connectivity index is 1.27. The molecule has 0 aliphatic heterocycles. The van der Waals surface area contributed by atoms with Gasteiger partial charge in [-0.15, -0.1) is 0 Å². The summed E-state index contributed by atoms with van der Waals surface area (Å²) in [7, 11) is 0. The molecule has 0 N–H and O–H groups in total. The molecule has 0 aliphatic rings. The highest BCUT2D eigenvalue weighted by Crippen LogP contribution is 2.43. The summed E-state index contributed by atoms with van der Waals surface area (Å²) < 4.78 is 73.0. The smallest absolute Gasteiger partial charge is 0.137 e. The fourth-order valence-corrected chi connectivity index (χ4v) is 6.06. The molecule has 0 aliphatic carbocycles. The van der Waals surface area contributed by atoms with Gasteiger partial charge in [0.1, 0.15) is 22.3 Å². The minimum absolute atomic E-state index is 0.0566. The molecule has 0 unspecified atom stereocenters. The summed E-state index contributed by atoms with van der Waals surface area (Å²) in [4.78, 5) is 1.80. The molecule has 0 amide bonds. The van der Waals surface area contributed by atoms with E-state index in [-0.39, 0.29) is 57.8 Å². The maximum atomic E-state index is 9.27. The Labute approximate surface area is 270 Å². The van der Waals surface area contributed by atoms with E-state index in [4.69, 9.17) is 17.1 Å². The van der Waals surface area contributed by atoms with Gasteiger partial charge in [-0.3, -0.25) is 0 Å². The molecule has 3 heteroatoms. The molecule has 0 radical (unpaired) electrons. The van der Waals surface area contributed by atoms with Crippen molar-refractivity contribution >= 4 is 60.9 Å². The number of fused-ring (bicyclic) bond motifs is 6. The Hall–Kier alpha value is -6.06. The van der Waals surface area contributed by atoms with Gasteiger partial charge in [0, 0.05) is 27.5 Å². The zero-order chi connectivity index (χ0) is 35.8. The van der Waals surface area contributed by atoms with Gasteiger partial charge in [-0.2, -0.15) is 0 Å². The minimum atomic E-state index is -0.465. The van der Waals surface area contributed by atoms with Crippen LogP contribution in [-0.2, 0) is 0 Å². The third-order valence-electron chi connectivity index (χ3n) is 8.22.